The van der Waals surface area contributed by atoms with E-state index in [1.807, 2.05) is 0 Å². The van der Waals surface area contributed by atoms with Gasteiger partial charge in [-0.2, -0.15) is 11.8 Å². The van der Waals surface area contributed by atoms with Crippen molar-refractivity contribution >= 4 is 11.8 Å². The summed E-state index contributed by atoms with van der Waals surface area (Å²) in [4.78, 5) is 2.45. The van der Waals surface area contributed by atoms with Crippen molar-refractivity contribution in [2.24, 2.45) is 5.92 Å². The van der Waals surface area contributed by atoms with E-state index in [0.717, 1.165) is 18.3 Å². The van der Waals surface area contributed by atoms with Crippen LogP contribution in [0.2, 0.25) is 0 Å². The van der Waals surface area contributed by atoms with Crippen molar-refractivity contribution in [3.05, 3.63) is 0 Å². The molecule has 0 aromatic rings. The number of hydrogen-bond donors (Lipinski definition) is 0. The van der Waals surface area contributed by atoms with E-state index >= 15 is 0 Å². The third-order valence-electron chi connectivity index (χ3n) is 3.68. The molecular formula is C10H15F2NS. The highest BCUT2D eigenvalue weighted by Gasteiger charge is 2.47. The quantitative estimate of drug-likeness (QED) is 0.700. The molecule has 2 bridgehead atoms. The first kappa shape index (κ1) is 9.40. The summed E-state index contributed by atoms with van der Waals surface area (Å²) in [7, 11) is 0. The first-order valence-electron chi connectivity index (χ1n) is 5.36. The summed E-state index contributed by atoms with van der Waals surface area (Å²) in [5, 5.41) is 0.806. The van der Waals surface area contributed by atoms with Gasteiger partial charge in [-0.1, -0.05) is 0 Å². The number of nitrogens with zero attached hydrogens (tertiary/aromatic N) is 1. The van der Waals surface area contributed by atoms with E-state index in [-0.39, 0.29) is 18.8 Å². The first-order chi connectivity index (χ1) is 6.62. The van der Waals surface area contributed by atoms with E-state index in [0.29, 0.717) is 6.04 Å². The Kier molecular flexibility index (Phi) is 2.07. The Morgan fingerprint density at radius 2 is 2.14 bits per heavy atom. The van der Waals surface area contributed by atoms with Gasteiger partial charge in [0, 0.05) is 43.0 Å². The second-order valence-corrected chi connectivity index (χ2v) is 6.26. The zero-order chi connectivity index (χ0) is 9.76. The Morgan fingerprint density at radius 1 is 1.36 bits per heavy atom. The monoisotopic (exact) mass is 219 g/mol. The van der Waals surface area contributed by atoms with Crippen molar-refractivity contribution in [2.75, 3.05) is 18.8 Å². The highest BCUT2D eigenvalue weighted by Crippen LogP contribution is 2.45. The molecule has 0 aromatic heterocycles. The van der Waals surface area contributed by atoms with Crippen molar-refractivity contribution < 1.29 is 8.78 Å². The Bertz CT molecular complexity index is 238. The zero-order valence-corrected chi connectivity index (χ0v) is 8.90. The van der Waals surface area contributed by atoms with Gasteiger partial charge in [-0.05, 0) is 12.3 Å². The lowest BCUT2D eigenvalue weighted by molar-refractivity contribution is -0.116. The topological polar surface area (TPSA) is 3.24 Å². The van der Waals surface area contributed by atoms with Crippen molar-refractivity contribution in [1.29, 1.82) is 0 Å². The van der Waals surface area contributed by atoms with Gasteiger partial charge in [0.1, 0.15) is 0 Å². The summed E-state index contributed by atoms with van der Waals surface area (Å²) >= 11 is 2.06. The normalized spacial score (nSPS) is 41.6. The summed E-state index contributed by atoms with van der Waals surface area (Å²) in [6.07, 6.45) is 1.57. The van der Waals surface area contributed by atoms with Crippen LogP contribution in [0, 0.1) is 5.92 Å². The van der Waals surface area contributed by atoms with Crippen LogP contribution in [-0.2, 0) is 0 Å². The van der Waals surface area contributed by atoms with Crippen LogP contribution < -0.4 is 0 Å². The maximum Gasteiger partial charge on any atom is 0.248 e. The van der Waals surface area contributed by atoms with Crippen LogP contribution in [0.15, 0.2) is 0 Å². The van der Waals surface area contributed by atoms with Crippen molar-refractivity contribution in [1.82, 2.24) is 4.90 Å². The van der Waals surface area contributed by atoms with Gasteiger partial charge in [-0.25, -0.2) is 8.78 Å². The van der Waals surface area contributed by atoms with E-state index in [9.17, 15) is 8.78 Å². The first-order valence-corrected chi connectivity index (χ1v) is 6.41. The lowest BCUT2D eigenvalue weighted by Crippen LogP contribution is -2.45. The Labute approximate surface area is 87.2 Å². The summed E-state index contributed by atoms with van der Waals surface area (Å²) in [5.74, 6) is -0.833. The molecule has 0 spiro atoms. The molecule has 2 atom stereocenters. The zero-order valence-electron chi connectivity index (χ0n) is 8.09. The predicted octanol–water partition coefficient (Wildman–Crippen LogP) is 2.22. The molecule has 0 unspecified atom stereocenters. The molecule has 2 saturated heterocycles. The number of fused-ring (bicyclic) bond motifs is 2. The third-order valence-corrected chi connectivity index (χ3v) is 5.07. The fourth-order valence-electron chi connectivity index (χ4n) is 2.95. The molecule has 14 heavy (non-hydrogen) atoms. The lowest BCUT2D eigenvalue weighted by atomic mass is 9.81. The van der Waals surface area contributed by atoms with Crippen LogP contribution in [0.3, 0.4) is 0 Å². The van der Waals surface area contributed by atoms with Crippen LogP contribution >= 0.6 is 11.8 Å². The van der Waals surface area contributed by atoms with Crippen molar-refractivity contribution in [3.63, 3.8) is 0 Å². The molecule has 2 aliphatic heterocycles. The van der Waals surface area contributed by atoms with E-state index in [1.54, 1.807) is 0 Å². The highest BCUT2D eigenvalue weighted by molar-refractivity contribution is 8.00. The predicted molar refractivity (Wildman–Crippen MR) is 53.9 cm³/mol. The molecule has 0 amide bonds. The fraction of sp³-hybridized carbons (Fsp3) is 1.00. The van der Waals surface area contributed by atoms with Gasteiger partial charge < -0.3 is 0 Å². The number of alkyl halides is 2. The van der Waals surface area contributed by atoms with Crippen molar-refractivity contribution in [2.45, 2.75) is 36.5 Å². The van der Waals surface area contributed by atoms with Gasteiger partial charge in [-0.15, -0.1) is 0 Å². The largest absolute Gasteiger partial charge is 0.298 e. The molecule has 4 heteroatoms. The second-order valence-electron chi connectivity index (χ2n) is 4.93. The number of likely N-dealkylation sites (tertiary alicyclic amines) is 1. The van der Waals surface area contributed by atoms with Gasteiger partial charge in [0.05, 0.1) is 0 Å². The number of hydrogen-bond acceptors (Lipinski definition) is 2. The minimum atomic E-state index is -2.34. The van der Waals surface area contributed by atoms with Gasteiger partial charge in [0.2, 0.25) is 5.92 Å². The van der Waals surface area contributed by atoms with E-state index in [2.05, 4.69) is 16.7 Å². The molecule has 1 saturated carbocycles. The highest BCUT2D eigenvalue weighted by atomic mass is 32.2. The standard InChI is InChI=1S/C10H15F2NS/c11-10(12)2-7(3-10)4-13-5-9-1-8(13)6-14-9/h7-9H,1-6H2/t8-,9-/m0/s1. The molecule has 0 aromatic carbocycles. The molecule has 2 heterocycles. The molecule has 3 aliphatic rings. The summed E-state index contributed by atoms with van der Waals surface area (Å²) in [6.45, 7) is 2.08. The molecule has 0 N–H and O–H groups in total. The molecule has 1 nitrogen and oxygen atoms in total. The Hall–Kier alpha value is 0.170. The molecule has 3 fully saturated rings. The summed E-state index contributed by atoms with van der Waals surface area (Å²) in [6, 6.07) is 0.708. The number of rotatable bonds is 2. The van der Waals surface area contributed by atoms with Crippen LogP contribution in [0.4, 0.5) is 8.78 Å². The maximum absolute atomic E-state index is 12.6. The SMILES string of the molecule is FC1(F)CC(CN2C[C@@H]3C[C@H]2CS3)C1. The lowest BCUT2D eigenvalue weighted by Gasteiger charge is -2.39. The van der Waals surface area contributed by atoms with Gasteiger partial charge in [0.25, 0.3) is 0 Å². The number of halogens is 2. The fourth-order valence-corrected chi connectivity index (χ4v) is 4.44. The molecular weight excluding hydrogens is 204 g/mol. The molecule has 0 radical (unpaired) electrons. The third kappa shape index (κ3) is 1.56. The van der Waals surface area contributed by atoms with Crippen LogP contribution in [0.1, 0.15) is 19.3 Å². The van der Waals surface area contributed by atoms with Crippen LogP contribution in [0.25, 0.3) is 0 Å². The smallest absolute Gasteiger partial charge is 0.248 e. The van der Waals surface area contributed by atoms with Gasteiger partial charge in [-0.3, -0.25) is 4.90 Å². The Balaban J connectivity index is 1.50. The Morgan fingerprint density at radius 3 is 2.64 bits per heavy atom. The average molecular weight is 219 g/mol. The summed E-state index contributed by atoms with van der Waals surface area (Å²) < 4.78 is 25.3. The molecule has 1 aliphatic carbocycles. The number of thioether (sulfide) groups is 1. The minimum absolute atomic E-state index is 0.133. The van der Waals surface area contributed by atoms with Gasteiger partial charge >= 0.3 is 0 Å². The van der Waals surface area contributed by atoms with Crippen LogP contribution in [0.5, 0.6) is 0 Å². The molecule has 80 valence electrons. The maximum atomic E-state index is 12.6. The van der Waals surface area contributed by atoms with E-state index in [1.165, 1.54) is 12.2 Å². The van der Waals surface area contributed by atoms with E-state index < -0.39 is 5.92 Å². The van der Waals surface area contributed by atoms with E-state index in [4.69, 9.17) is 0 Å². The minimum Gasteiger partial charge on any atom is -0.298 e. The average Bonchev–Trinajstić information content (AvgIpc) is 2.61. The van der Waals surface area contributed by atoms with Crippen molar-refractivity contribution in [3.8, 4) is 0 Å². The van der Waals surface area contributed by atoms with Gasteiger partial charge in [0.15, 0.2) is 0 Å². The van der Waals surface area contributed by atoms with Crippen LogP contribution in [-0.4, -0.2) is 41.0 Å². The molecule has 3 rings (SSSR count). The summed E-state index contributed by atoms with van der Waals surface area (Å²) in [5.41, 5.74) is 0. The second kappa shape index (κ2) is 3.08.